The van der Waals surface area contributed by atoms with Crippen LogP contribution in [0.15, 0.2) is 36.7 Å². The molecule has 5 N–H and O–H groups in total. The lowest BCUT2D eigenvalue weighted by molar-refractivity contribution is 0.506. The third-order valence-corrected chi connectivity index (χ3v) is 3.43. The fourth-order valence-corrected chi connectivity index (χ4v) is 2.23. The molecule has 0 aliphatic rings. The Morgan fingerprint density at radius 3 is 2.70 bits per heavy atom. The number of anilines is 1. The van der Waals surface area contributed by atoms with E-state index in [9.17, 15) is 4.39 Å². The summed E-state index contributed by atoms with van der Waals surface area (Å²) >= 11 is 5.77. The van der Waals surface area contributed by atoms with Gasteiger partial charge in [-0.3, -0.25) is 16.3 Å². The molecule has 0 spiro atoms. The van der Waals surface area contributed by atoms with Crippen LogP contribution in [0.4, 0.5) is 10.1 Å². The maximum atomic E-state index is 13.9. The largest absolute Gasteiger partial charge is 0.398 e. The van der Waals surface area contributed by atoms with Gasteiger partial charge in [0.1, 0.15) is 5.82 Å². The molecule has 0 saturated carbocycles. The van der Waals surface area contributed by atoms with Crippen LogP contribution in [0, 0.1) is 5.82 Å². The highest BCUT2D eigenvalue weighted by Crippen LogP contribution is 2.20. The zero-order chi connectivity index (χ0) is 14.5. The van der Waals surface area contributed by atoms with E-state index in [1.807, 2.05) is 0 Å². The SMILES string of the molecule is NNC(Cc1cnccc1N)Cc1cccc(Cl)c1F. The van der Waals surface area contributed by atoms with Crippen molar-refractivity contribution in [3.63, 3.8) is 0 Å². The van der Waals surface area contributed by atoms with Crippen LogP contribution in [0.2, 0.25) is 5.02 Å². The minimum absolute atomic E-state index is 0.110. The Labute approximate surface area is 121 Å². The predicted octanol–water partition coefficient (Wildman–Crippen LogP) is 2.07. The molecule has 0 aliphatic heterocycles. The van der Waals surface area contributed by atoms with Crippen molar-refractivity contribution in [1.82, 2.24) is 10.4 Å². The zero-order valence-electron chi connectivity index (χ0n) is 10.8. The molecule has 0 aliphatic carbocycles. The van der Waals surface area contributed by atoms with E-state index in [-0.39, 0.29) is 11.1 Å². The summed E-state index contributed by atoms with van der Waals surface area (Å²) in [4.78, 5) is 4.03. The van der Waals surface area contributed by atoms with Gasteiger partial charge in [-0.05, 0) is 36.1 Å². The Kier molecular flexibility index (Phi) is 4.89. The first-order chi connectivity index (χ1) is 9.61. The second-order valence-electron chi connectivity index (χ2n) is 4.56. The summed E-state index contributed by atoms with van der Waals surface area (Å²) < 4.78 is 13.9. The molecule has 0 amide bonds. The quantitative estimate of drug-likeness (QED) is 0.583. The van der Waals surface area contributed by atoms with Crippen LogP contribution in [0.5, 0.6) is 0 Å². The molecule has 0 radical (unpaired) electrons. The molecule has 106 valence electrons. The number of hydrogen-bond donors (Lipinski definition) is 3. The van der Waals surface area contributed by atoms with Gasteiger partial charge in [-0.1, -0.05) is 23.7 Å². The Bertz CT molecular complexity index is 591. The number of rotatable bonds is 5. The summed E-state index contributed by atoms with van der Waals surface area (Å²) in [6.07, 6.45) is 4.29. The molecule has 0 fully saturated rings. The van der Waals surface area contributed by atoms with Crippen molar-refractivity contribution >= 4 is 17.3 Å². The summed E-state index contributed by atoms with van der Waals surface area (Å²) in [7, 11) is 0. The van der Waals surface area contributed by atoms with Crippen molar-refractivity contribution < 1.29 is 4.39 Å². The second-order valence-corrected chi connectivity index (χ2v) is 4.97. The molecule has 20 heavy (non-hydrogen) atoms. The third-order valence-electron chi connectivity index (χ3n) is 3.14. The highest BCUT2D eigenvalue weighted by atomic mass is 35.5. The van der Waals surface area contributed by atoms with E-state index in [1.165, 1.54) is 6.07 Å². The van der Waals surface area contributed by atoms with Crippen LogP contribution in [0.3, 0.4) is 0 Å². The van der Waals surface area contributed by atoms with Gasteiger partial charge in [0.25, 0.3) is 0 Å². The number of nitrogens with one attached hydrogen (secondary N) is 1. The number of nitrogens with zero attached hydrogens (tertiary/aromatic N) is 1. The molecule has 0 saturated heterocycles. The molecule has 1 heterocycles. The van der Waals surface area contributed by atoms with Crippen molar-refractivity contribution in [3.05, 3.63) is 58.6 Å². The van der Waals surface area contributed by atoms with Gasteiger partial charge in [0, 0.05) is 24.1 Å². The maximum absolute atomic E-state index is 13.9. The normalized spacial score (nSPS) is 12.3. The highest BCUT2D eigenvalue weighted by molar-refractivity contribution is 6.30. The van der Waals surface area contributed by atoms with Crippen LogP contribution in [-0.2, 0) is 12.8 Å². The van der Waals surface area contributed by atoms with E-state index in [4.69, 9.17) is 23.2 Å². The Balaban J connectivity index is 2.14. The standard InChI is InChI=1S/C14H16ClFN4/c15-12-3-1-2-9(14(12)16)6-11(20-18)7-10-8-19-5-4-13(10)17/h1-5,8,11,20H,6-7,18H2,(H2,17,19). The van der Waals surface area contributed by atoms with E-state index >= 15 is 0 Å². The van der Waals surface area contributed by atoms with Gasteiger partial charge in [-0.25, -0.2) is 4.39 Å². The van der Waals surface area contributed by atoms with Gasteiger partial charge in [-0.15, -0.1) is 0 Å². The van der Waals surface area contributed by atoms with Crippen molar-refractivity contribution in [2.75, 3.05) is 5.73 Å². The average Bonchev–Trinajstić information content (AvgIpc) is 2.45. The van der Waals surface area contributed by atoms with Crippen LogP contribution in [-0.4, -0.2) is 11.0 Å². The maximum Gasteiger partial charge on any atom is 0.145 e. The van der Waals surface area contributed by atoms with Crippen molar-refractivity contribution in [2.45, 2.75) is 18.9 Å². The van der Waals surface area contributed by atoms with Crippen molar-refractivity contribution in [2.24, 2.45) is 5.84 Å². The molecular formula is C14H16ClFN4. The number of pyridine rings is 1. The van der Waals surface area contributed by atoms with Gasteiger partial charge in [0.05, 0.1) is 5.02 Å². The minimum Gasteiger partial charge on any atom is -0.398 e. The number of halogens is 2. The van der Waals surface area contributed by atoms with Crippen molar-refractivity contribution in [3.8, 4) is 0 Å². The Morgan fingerprint density at radius 2 is 2.00 bits per heavy atom. The van der Waals surface area contributed by atoms with Crippen LogP contribution in [0.1, 0.15) is 11.1 Å². The Hall–Kier alpha value is -1.69. The van der Waals surface area contributed by atoms with Crippen molar-refractivity contribution in [1.29, 1.82) is 0 Å². The average molecular weight is 295 g/mol. The molecular weight excluding hydrogens is 279 g/mol. The first kappa shape index (κ1) is 14.7. The zero-order valence-corrected chi connectivity index (χ0v) is 11.6. The summed E-state index contributed by atoms with van der Waals surface area (Å²) in [5.41, 5.74) is 10.6. The second kappa shape index (κ2) is 6.65. The molecule has 1 atom stereocenters. The summed E-state index contributed by atoms with van der Waals surface area (Å²) in [5, 5.41) is 0.110. The van der Waals surface area contributed by atoms with E-state index in [1.54, 1.807) is 30.6 Å². The van der Waals surface area contributed by atoms with Crippen LogP contribution < -0.4 is 17.0 Å². The van der Waals surface area contributed by atoms with Crippen LogP contribution >= 0.6 is 11.6 Å². The molecule has 1 aromatic heterocycles. The van der Waals surface area contributed by atoms with E-state index in [0.29, 0.717) is 24.1 Å². The molecule has 1 aromatic carbocycles. The number of aromatic nitrogens is 1. The van der Waals surface area contributed by atoms with Gasteiger partial charge in [-0.2, -0.15) is 0 Å². The topological polar surface area (TPSA) is 77.0 Å². The molecule has 0 bridgehead atoms. The van der Waals surface area contributed by atoms with Gasteiger partial charge < -0.3 is 5.73 Å². The highest BCUT2D eigenvalue weighted by Gasteiger charge is 2.14. The smallest absolute Gasteiger partial charge is 0.145 e. The fraction of sp³-hybridized carbons (Fsp3) is 0.214. The number of benzene rings is 1. The first-order valence-corrected chi connectivity index (χ1v) is 6.57. The lowest BCUT2D eigenvalue weighted by atomic mass is 9.99. The number of nitrogen functional groups attached to an aromatic ring is 1. The predicted molar refractivity (Wildman–Crippen MR) is 78.6 cm³/mol. The first-order valence-electron chi connectivity index (χ1n) is 6.19. The number of nitrogens with two attached hydrogens (primary N) is 2. The van der Waals surface area contributed by atoms with E-state index < -0.39 is 5.82 Å². The van der Waals surface area contributed by atoms with Gasteiger partial charge in [0.2, 0.25) is 0 Å². The van der Waals surface area contributed by atoms with Gasteiger partial charge >= 0.3 is 0 Å². The summed E-state index contributed by atoms with van der Waals surface area (Å²) in [6, 6.07) is 6.49. The summed E-state index contributed by atoms with van der Waals surface area (Å²) in [5.74, 6) is 5.13. The van der Waals surface area contributed by atoms with E-state index in [2.05, 4.69) is 10.4 Å². The van der Waals surface area contributed by atoms with Crippen LogP contribution in [0.25, 0.3) is 0 Å². The lowest BCUT2D eigenvalue weighted by Gasteiger charge is -2.17. The van der Waals surface area contributed by atoms with E-state index in [0.717, 1.165) is 5.56 Å². The monoisotopic (exact) mass is 294 g/mol. The molecule has 2 rings (SSSR count). The number of hydrazine groups is 1. The summed E-state index contributed by atoms with van der Waals surface area (Å²) in [6.45, 7) is 0. The molecule has 4 nitrogen and oxygen atoms in total. The number of hydrogen-bond acceptors (Lipinski definition) is 4. The molecule has 6 heteroatoms. The lowest BCUT2D eigenvalue weighted by Crippen LogP contribution is -2.38. The molecule has 1 unspecified atom stereocenters. The third kappa shape index (κ3) is 3.45. The Morgan fingerprint density at radius 1 is 1.25 bits per heavy atom. The van der Waals surface area contributed by atoms with Gasteiger partial charge in [0.15, 0.2) is 0 Å². The minimum atomic E-state index is -0.409. The molecule has 2 aromatic rings. The fourth-order valence-electron chi connectivity index (χ4n) is 2.04.